The van der Waals surface area contributed by atoms with E-state index in [1.165, 1.54) is 0 Å². The largest absolute Gasteiger partial charge is 0.497 e. The number of carboxylic acids is 1. The van der Waals surface area contributed by atoms with Crippen molar-refractivity contribution in [1.82, 2.24) is 0 Å². The minimum Gasteiger partial charge on any atom is -0.497 e. The molecule has 1 aliphatic carbocycles. The van der Waals surface area contributed by atoms with Gasteiger partial charge in [-0.15, -0.1) is 0 Å². The van der Waals surface area contributed by atoms with Gasteiger partial charge in [-0.1, -0.05) is 24.4 Å². The van der Waals surface area contributed by atoms with Crippen LogP contribution in [0.15, 0.2) is 18.2 Å². The Morgan fingerprint density at radius 1 is 1.41 bits per heavy atom. The van der Waals surface area contributed by atoms with Crippen molar-refractivity contribution < 1.29 is 14.6 Å². The molecule has 17 heavy (non-hydrogen) atoms. The molecule has 0 aromatic heterocycles. The summed E-state index contributed by atoms with van der Waals surface area (Å²) in [6, 6.07) is 5.21. The first-order valence-corrected chi connectivity index (χ1v) is 6.05. The molecule has 1 saturated carbocycles. The van der Waals surface area contributed by atoms with Crippen LogP contribution in [0.1, 0.15) is 31.2 Å². The molecule has 1 N–H and O–H groups in total. The SMILES string of the molecule is COc1ccc(Cl)c(C2(C(=O)O)CCCC2)c1. The predicted molar refractivity (Wildman–Crippen MR) is 65.8 cm³/mol. The van der Waals surface area contributed by atoms with E-state index >= 15 is 0 Å². The highest BCUT2D eigenvalue weighted by molar-refractivity contribution is 6.31. The summed E-state index contributed by atoms with van der Waals surface area (Å²) in [5.41, 5.74) is -0.144. The molecule has 0 amide bonds. The van der Waals surface area contributed by atoms with Crippen LogP contribution in [0.3, 0.4) is 0 Å². The summed E-state index contributed by atoms with van der Waals surface area (Å²) in [6.45, 7) is 0. The summed E-state index contributed by atoms with van der Waals surface area (Å²) in [4.78, 5) is 11.6. The molecule has 1 fully saturated rings. The molecule has 1 aromatic carbocycles. The minimum atomic E-state index is -0.828. The van der Waals surface area contributed by atoms with Gasteiger partial charge < -0.3 is 9.84 Å². The van der Waals surface area contributed by atoms with Crippen molar-refractivity contribution in [2.75, 3.05) is 7.11 Å². The van der Waals surface area contributed by atoms with Crippen LogP contribution in [-0.4, -0.2) is 18.2 Å². The zero-order valence-electron chi connectivity index (χ0n) is 9.70. The molecular weight excluding hydrogens is 240 g/mol. The fraction of sp³-hybridized carbons (Fsp3) is 0.462. The highest BCUT2D eigenvalue weighted by atomic mass is 35.5. The Balaban J connectivity index is 2.53. The number of rotatable bonds is 3. The molecule has 0 unspecified atom stereocenters. The molecule has 0 heterocycles. The zero-order chi connectivity index (χ0) is 12.5. The maximum atomic E-state index is 11.6. The Morgan fingerprint density at radius 3 is 2.59 bits per heavy atom. The second kappa shape index (κ2) is 4.57. The summed E-state index contributed by atoms with van der Waals surface area (Å²) in [5, 5.41) is 10.0. The van der Waals surface area contributed by atoms with E-state index in [2.05, 4.69) is 0 Å². The Kier molecular flexibility index (Phi) is 3.29. The van der Waals surface area contributed by atoms with E-state index in [0.717, 1.165) is 12.8 Å². The number of hydrogen-bond donors (Lipinski definition) is 1. The molecule has 2 rings (SSSR count). The van der Waals surface area contributed by atoms with Crippen LogP contribution < -0.4 is 4.74 Å². The van der Waals surface area contributed by atoms with Gasteiger partial charge in [0.05, 0.1) is 12.5 Å². The Labute approximate surface area is 105 Å². The van der Waals surface area contributed by atoms with E-state index < -0.39 is 11.4 Å². The molecule has 0 spiro atoms. The smallest absolute Gasteiger partial charge is 0.314 e. The van der Waals surface area contributed by atoms with Gasteiger partial charge >= 0.3 is 5.97 Å². The Morgan fingerprint density at radius 2 is 2.06 bits per heavy atom. The first-order chi connectivity index (χ1) is 8.10. The van der Waals surface area contributed by atoms with Crippen molar-refractivity contribution in [3.63, 3.8) is 0 Å². The second-order valence-corrected chi connectivity index (χ2v) is 4.85. The summed E-state index contributed by atoms with van der Waals surface area (Å²) in [6.07, 6.45) is 3.16. The number of halogens is 1. The first kappa shape index (κ1) is 12.2. The third-order valence-corrected chi connectivity index (χ3v) is 3.89. The maximum absolute atomic E-state index is 11.6. The van der Waals surface area contributed by atoms with Crippen LogP contribution in [0.4, 0.5) is 0 Å². The number of benzene rings is 1. The van der Waals surface area contributed by atoms with E-state index in [-0.39, 0.29) is 0 Å². The van der Waals surface area contributed by atoms with Crippen LogP contribution >= 0.6 is 11.6 Å². The predicted octanol–water partition coefficient (Wildman–Crippen LogP) is 3.25. The van der Waals surface area contributed by atoms with Gasteiger partial charge in [0.1, 0.15) is 5.75 Å². The monoisotopic (exact) mass is 254 g/mol. The van der Waals surface area contributed by atoms with Gasteiger partial charge in [0.2, 0.25) is 0 Å². The molecule has 0 bridgehead atoms. The molecular formula is C13H15ClO3. The molecule has 1 aliphatic rings. The summed E-state index contributed by atoms with van der Waals surface area (Å²) < 4.78 is 5.14. The van der Waals surface area contributed by atoms with Crippen molar-refractivity contribution in [3.05, 3.63) is 28.8 Å². The van der Waals surface area contributed by atoms with Crippen LogP contribution in [0.25, 0.3) is 0 Å². The lowest BCUT2D eigenvalue weighted by atomic mass is 9.79. The number of hydrogen-bond acceptors (Lipinski definition) is 2. The normalized spacial score (nSPS) is 18.0. The fourth-order valence-corrected chi connectivity index (χ4v) is 2.87. The minimum absolute atomic E-state index is 0.509. The van der Waals surface area contributed by atoms with Gasteiger partial charge in [-0.25, -0.2) is 0 Å². The average Bonchev–Trinajstić information content (AvgIpc) is 2.80. The molecule has 92 valence electrons. The van der Waals surface area contributed by atoms with Crippen molar-refractivity contribution in [2.24, 2.45) is 0 Å². The maximum Gasteiger partial charge on any atom is 0.314 e. The van der Waals surface area contributed by atoms with Crippen molar-refractivity contribution in [3.8, 4) is 5.75 Å². The van der Waals surface area contributed by atoms with Crippen molar-refractivity contribution >= 4 is 17.6 Å². The van der Waals surface area contributed by atoms with Crippen LogP contribution in [0.2, 0.25) is 5.02 Å². The molecule has 0 aliphatic heterocycles. The Hall–Kier alpha value is -1.22. The van der Waals surface area contributed by atoms with E-state index in [1.807, 2.05) is 0 Å². The van der Waals surface area contributed by atoms with Gasteiger partial charge in [-0.2, -0.15) is 0 Å². The van der Waals surface area contributed by atoms with Crippen LogP contribution in [-0.2, 0) is 10.2 Å². The fourth-order valence-electron chi connectivity index (χ4n) is 2.58. The molecule has 0 saturated heterocycles. The highest BCUT2D eigenvalue weighted by Crippen LogP contribution is 2.45. The van der Waals surface area contributed by atoms with Gasteiger partial charge in [0, 0.05) is 5.02 Å². The van der Waals surface area contributed by atoms with E-state index in [1.54, 1.807) is 25.3 Å². The van der Waals surface area contributed by atoms with Gasteiger partial charge in [0.25, 0.3) is 0 Å². The molecule has 0 atom stereocenters. The summed E-state index contributed by atoms with van der Waals surface area (Å²) >= 11 is 6.15. The van der Waals surface area contributed by atoms with Crippen LogP contribution in [0, 0.1) is 0 Å². The van der Waals surface area contributed by atoms with E-state index in [4.69, 9.17) is 16.3 Å². The van der Waals surface area contributed by atoms with E-state index in [9.17, 15) is 9.90 Å². The lowest BCUT2D eigenvalue weighted by Gasteiger charge is -2.25. The quantitative estimate of drug-likeness (QED) is 0.901. The third kappa shape index (κ3) is 2.00. The van der Waals surface area contributed by atoms with Gasteiger partial charge in [0.15, 0.2) is 0 Å². The lowest BCUT2D eigenvalue weighted by molar-refractivity contribution is -0.143. The highest BCUT2D eigenvalue weighted by Gasteiger charge is 2.44. The second-order valence-electron chi connectivity index (χ2n) is 4.44. The van der Waals surface area contributed by atoms with Crippen LogP contribution in [0.5, 0.6) is 5.75 Å². The Bertz CT molecular complexity index is 436. The molecule has 0 radical (unpaired) electrons. The third-order valence-electron chi connectivity index (χ3n) is 3.56. The average molecular weight is 255 g/mol. The van der Waals surface area contributed by atoms with Crippen molar-refractivity contribution in [2.45, 2.75) is 31.1 Å². The van der Waals surface area contributed by atoms with Gasteiger partial charge in [-0.05, 0) is 36.6 Å². The van der Waals surface area contributed by atoms with E-state index in [0.29, 0.717) is 29.2 Å². The topological polar surface area (TPSA) is 46.5 Å². The first-order valence-electron chi connectivity index (χ1n) is 5.67. The number of methoxy groups -OCH3 is 1. The van der Waals surface area contributed by atoms with Gasteiger partial charge in [-0.3, -0.25) is 4.79 Å². The molecule has 1 aromatic rings. The number of aliphatic carboxylic acids is 1. The van der Waals surface area contributed by atoms with Crippen molar-refractivity contribution in [1.29, 1.82) is 0 Å². The summed E-state index contributed by atoms with van der Waals surface area (Å²) in [5.74, 6) is -0.137. The number of carbonyl (C=O) groups is 1. The summed E-state index contributed by atoms with van der Waals surface area (Å²) in [7, 11) is 1.56. The molecule has 3 nitrogen and oxygen atoms in total. The molecule has 4 heteroatoms. The number of carboxylic acid groups (broad SMARTS) is 1. The lowest BCUT2D eigenvalue weighted by Crippen LogP contribution is -2.32. The number of ether oxygens (including phenoxy) is 1. The zero-order valence-corrected chi connectivity index (χ0v) is 10.5. The standard InChI is InChI=1S/C13H15ClO3/c1-17-9-4-5-11(14)10(8-9)13(12(15)16)6-2-3-7-13/h4-5,8H,2-3,6-7H2,1H3,(H,15,16).